The molecule has 0 bridgehead atoms. The van der Waals surface area contributed by atoms with E-state index in [-0.39, 0.29) is 12.9 Å². The minimum Gasteiger partial charge on any atom is -0.353 e. The van der Waals surface area contributed by atoms with Crippen LogP contribution < -0.4 is 0 Å². The first-order valence-corrected chi connectivity index (χ1v) is 2.91. The first-order valence-electron chi connectivity index (χ1n) is 2.91. The van der Waals surface area contributed by atoms with Crippen molar-refractivity contribution in [3.8, 4) is 6.07 Å². The van der Waals surface area contributed by atoms with Gasteiger partial charge in [0.1, 0.15) is 6.61 Å². The molecule has 0 aromatic carbocycles. The zero-order chi connectivity index (χ0) is 7.11. The van der Waals surface area contributed by atoms with Gasteiger partial charge in [0.05, 0.1) is 6.07 Å². The molecule has 0 aliphatic carbocycles. The van der Waals surface area contributed by atoms with Crippen molar-refractivity contribution in [3.63, 3.8) is 0 Å². The first-order chi connectivity index (χ1) is 4.31. The number of hydrogen-bond acceptors (Lipinski definition) is 3. The highest BCUT2D eigenvalue weighted by Crippen LogP contribution is 1.90. The molecule has 0 spiro atoms. The summed E-state index contributed by atoms with van der Waals surface area (Å²) in [6.07, 6.45) is -0.255. The zero-order valence-corrected chi connectivity index (χ0v) is 5.76. The van der Waals surface area contributed by atoms with Gasteiger partial charge in [-0.1, -0.05) is 0 Å². The molecule has 0 fully saturated rings. The van der Waals surface area contributed by atoms with E-state index in [1.165, 1.54) is 0 Å². The summed E-state index contributed by atoms with van der Waals surface area (Å²) in [6.45, 7) is 4.36. The maximum atomic E-state index is 8.05. The third-order valence-electron chi connectivity index (χ3n) is 0.784. The molecule has 0 saturated heterocycles. The minimum atomic E-state index is -0.255. The van der Waals surface area contributed by atoms with Crippen LogP contribution in [0.2, 0.25) is 0 Å². The number of nitriles is 1. The maximum absolute atomic E-state index is 8.05. The van der Waals surface area contributed by atoms with Gasteiger partial charge in [0, 0.05) is 6.61 Å². The van der Waals surface area contributed by atoms with E-state index in [0.29, 0.717) is 6.61 Å². The number of nitrogens with zero attached hydrogens (tertiary/aromatic N) is 1. The minimum absolute atomic E-state index is 0.0984. The van der Waals surface area contributed by atoms with E-state index in [4.69, 9.17) is 14.7 Å². The molecule has 0 aliphatic rings. The molecule has 0 saturated carbocycles. The third-order valence-corrected chi connectivity index (χ3v) is 0.784. The number of ether oxygens (including phenoxy) is 2. The lowest BCUT2D eigenvalue weighted by Gasteiger charge is -2.08. The summed E-state index contributed by atoms with van der Waals surface area (Å²) >= 11 is 0. The second kappa shape index (κ2) is 5.54. The largest absolute Gasteiger partial charge is 0.353 e. The Balaban J connectivity index is 3.07. The molecule has 0 radical (unpaired) electrons. The molecule has 3 nitrogen and oxygen atoms in total. The fourth-order valence-corrected chi connectivity index (χ4v) is 0.437. The molecule has 1 atom stereocenters. The summed E-state index contributed by atoms with van der Waals surface area (Å²) in [4.78, 5) is 0. The highest BCUT2D eigenvalue weighted by Gasteiger charge is 1.96. The third kappa shape index (κ3) is 5.28. The second-order valence-corrected chi connectivity index (χ2v) is 1.49. The van der Waals surface area contributed by atoms with Crippen LogP contribution >= 0.6 is 0 Å². The summed E-state index contributed by atoms with van der Waals surface area (Å²) in [5.74, 6) is 0. The Morgan fingerprint density at radius 2 is 2.22 bits per heavy atom. The van der Waals surface area contributed by atoms with Crippen LogP contribution in [0.1, 0.15) is 13.8 Å². The molecule has 0 rings (SSSR count). The number of rotatable bonds is 4. The van der Waals surface area contributed by atoms with Crippen LogP contribution in [0.5, 0.6) is 0 Å². The lowest BCUT2D eigenvalue weighted by molar-refractivity contribution is -0.117. The van der Waals surface area contributed by atoms with Crippen molar-refractivity contribution in [1.82, 2.24) is 0 Å². The second-order valence-electron chi connectivity index (χ2n) is 1.49. The van der Waals surface area contributed by atoms with Gasteiger partial charge in [0.2, 0.25) is 0 Å². The molecule has 0 heterocycles. The van der Waals surface area contributed by atoms with Gasteiger partial charge in [-0.05, 0) is 13.8 Å². The maximum Gasteiger partial charge on any atom is 0.156 e. The van der Waals surface area contributed by atoms with Crippen LogP contribution in [0, 0.1) is 11.3 Å². The van der Waals surface area contributed by atoms with Gasteiger partial charge in [-0.2, -0.15) is 5.26 Å². The molecule has 9 heavy (non-hydrogen) atoms. The Morgan fingerprint density at radius 1 is 1.56 bits per heavy atom. The Morgan fingerprint density at radius 3 is 2.67 bits per heavy atom. The molecule has 52 valence electrons. The predicted molar refractivity (Wildman–Crippen MR) is 32.7 cm³/mol. The zero-order valence-electron chi connectivity index (χ0n) is 5.76. The molecule has 0 aromatic rings. The number of hydrogen-bond donors (Lipinski definition) is 0. The van der Waals surface area contributed by atoms with Crippen LogP contribution in [0.15, 0.2) is 0 Å². The summed E-state index contributed by atoms with van der Waals surface area (Å²) in [7, 11) is 0. The smallest absolute Gasteiger partial charge is 0.156 e. The summed E-state index contributed by atoms with van der Waals surface area (Å²) in [5.41, 5.74) is 0. The summed E-state index contributed by atoms with van der Waals surface area (Å²) in [5, 5.41) is 8.05. The van der Waals surface area contributed by atoms with Crippen molar-refractivity contribution in [2.24, 2.45) is 0 Å². The van der Waals surface area contributed by atoms with Gasteiger partial charge in [0.25, 0.3) is 0 Å². The summed E-state index contributed by atoms with van der Waals surface area (Å²) in [6, 6.07) is 1.85. The monoisotopic (exact) mass is 129 g/mol. The molecule has 3 heteroatoms. The van der Waals surface area contributed by atoms with Gasteiger partial charge in [-0.25, -0.2) is 0 Å². The quantitative estimate of drug-likeness (QED) is 0.530. The molecule has 0 N–H and O–H groups in total. The fraction of sp³-hybridized carbons (Fsp3) is 0.833. The van der Waals surface area contributed by atoms with Crippen LogP contribution in [0.3, 0.4) is 0 Å². The van der Waals surface area contributed by atoms with Crippen molar-refractivity contribution in [2.45, 2.75) is 20.1 Å². The fourth-order valence-electron chi connectivity index (χ4n) is 0.437. The molecule has 1 unspecified atom stereocenters. The molecule has 0 aliphatic heterocycles. The van der Waals surface area contributed by atoms with E-state index in [1.54, 1.807) is 6.92 Å². The Hall–Kier alpha value is -0.590. The van der Waals surface area contributed by atoms with E-state index >= 15 is 0 Å². The molecular weight excluding hydrogens is 118 g/mol. The molecule has 0 aromatic heterocycles. The van der Waals surface area contributed by atoms with E-state index in [1.807, 2.05) is 13.0 Å². The van der Waals surface area contributed by atoms with Gasteiger partial charge >= 0.3 is 0 Å². The normalized spacial score (nSPS) is 12.6. The van der Waals surface area contributed by atoms with Crippen molar-refractivity contribution >= 4 is 0 Å². The average molecular weight is 129 g/mol. The first kappa shape index (κ1) is 8.41. The predicted octanol–water partition coefficient (Wildman–Crippen LogP) is 0.909. The van der Waals surface area contributed by atoms with Crippen molar-refractivity contribution in [1.29, 1.82) is 5.26 Å². The average Bonchev–Trinajstić information content (AvgIpc) is 1.85. The van der Waals surface area contributed by atoms with Gasteiger partial charge in [-0.15, -0.1) is 0 Å². The lowest BCUT2D eigenvalue weighted by Crippen LogP contribution is -2.12. The van der Waals surface area contributed by atoms with Gasteiger partial charge < -0.3 is 9.47 Å². The summed E-state index contributed by atoms with van der Waals surface area (Å²) < 4.78 is 9.82. The Bertz CT molecular complexity index is 97.7. The highest BCUT2D eigenvalue weighted by molar-refractivity contribution is 4.66. The lowest BCUT2D eigenvalue weighted by atomic mass is 10.7. The van der Waals surface area contributed by atoms with E-state index < -0.39 is 0 Å². The van der Waals surface area contributed by atoms with Crippen LogP contribution in [0.25, 0.3) is 0 Å². The SMILES string of the molecule is CCOC(C)OCC#N. The molecular formula is C6H11NO2. The molecule has 0 amide bonds. The van der Waals surface area contributed by atoms with Gasteiger partial charge in [0.15, 0.2) is 6.29 Å². The van der Waals surface area contributed by atoms with E-state index in [9.17, 15) is 0 Å². The highest BCUT2D eigenvalue weighted by atomic mass is 16.7. The van der Waals surface area contributed by atoms with Crippen LogP contribution in [-0.2, 0) is 9.47 Å². The van der Waals surface area contributed by atoms with Crippen molar-refractivity contribution in [3.05, 3.63) is 0 Å². The van der Waals surface area contributed by atoms with Crippen LogP contribution in [0.4, 0.5) is 0 Å². The van der Waals surface area contributed by atoms with Crippen LogP contribution in [-0.4, -0.2) is 19.5 Å². The van der Waals surface area contributed by atoms with Crippen molar-refractivity contribution in [2.75, 3.05) is 13.2 Å². The Labute approximate surface area is 55.2 Å². The Kier molecular flexibility index (Phi) is 5.18. The van der Waals surface area contributed by atoms with Crippen molar-refractivity contribution < 1.29 is 9.47 Å². The topological polar surface area (TPSA) is 42.2 Å². The van der Waals surface area contributed by atoms with Gasteiger partial charge in [-0.3, -0.25) is 0 Å². The van der Waals surface area contributed by atoms with E-state index in [2.05, 4.69) is 0 Å². The standard InChI is InChI=1S/C6H11NO2/c1-3-8-6(2)9-5-4-7/h6H,3,5H2,1-2H3. The van der Waals surface area contributed by atoms with E-state index in [0.717, 1.165) is 0 Å².